The van der Waals surface area contributed by atoms with E-state index in [0.29, 0.717) is 0 Å². The van der Waals surface area contributed by atoms with Crippen LogP contribution in [-0.4, -0.2) is 70.5 Å². The highest BCUT2D eigenvalue weighted by atomic mass is 127. The van der Waals surface area contributed by atoms with Crippen LogP contribution >= 0.6 is 24.0 Å². The Kier molecular flexibility index (Phi) is 9.91. The minimum absolute atomic E-state index is 0. The van der Waals surface area contributed by atoms with Gasteiger partial charge in [0.25, 0.3) is 0 Å². The molecule has 1 aromatic carbocycles. The van der Waals surface area contributed by atoms with Crippen LogP contribution in [0, 0.1) is 0 Å². The lowest BCUT2D eigenvalue weighted by atomic mass is 10.1. The van der Waals surface area contributed by atoms with E-state index in [4.69, 9.17) is 14.5 Å². The monoisotopic (exact) mass is 500 g/mol. The summed E-state index contributed by atoms with van der Waals surface area (Å²) in [5.74, 6) is 1.94. The zero-order valence-corrected chi connectivity index (χ0v) is 19.4. The van der Waals surface area contributed by atoms with Crippen LogP contribution in [0.1, 0.15) is 19.8 Å². The van der Waals surface area contributed by atoms with Crippen molar-refractivity contribution < 1.29 is 9.47 Å². The van der Waals surface area contributed by atoms with E-state index >= 15 is 0 Å². The Bertz CT molecular complexity index is 640. The second-order valence-corrected chi connectivity index (χ2v) is 6.85. The molecule has 0 atom stereocenters. The summed E-state index contributed by atoms with van der Waals surface area (Å²) >= 11 is 0. The summed E-state index contributed by atoms with van der Waals surface area (Å²) in [4.78, 5) is 9.67. The first-order valence-corrected chi connectivity index (χ1v) is 9.98. The third kappa shape index (κ3) is 6.55. The molecule has 0 spiro atoms. The van der Waals surface area contributed by atoms with Gasteiger partial charge in [-0.15, -0.1) is 24.0 Å². The van der Waals surface area contributed by atoms with Gasteiger partial charge in [-0.05, 0) is 44.0 Å². The van der Waals surface area contributed by atoms with Crippen molar-refractivity contribution in [3.63, 3.8) is 0 Å². The van der Waals surface area contributed by atoms with Crippen molar-refractivity contribution in [1.82, 2.24) is 10.2 Å². The average molecular weight is 500 g/mol. The van der Waals surface area contributed by atoms with Crippen molar-refractivity contribution in [2.75, 3.05) is 64.5 Å². The molecule has 0 saturated carbocycles. The summed E-state index contributed by atoms with van der Waals surface area (Å²) < 4.78 is 10.6. The van der Waals surface area contributed by atoms with Gasteiger partial charge < -0.3 is 24.6 Å². The molecule has 0 amide bonds. The van der Waals surface area contributed by atoms with Crippen LogP contribution in [0.15, 0.2) is 40.9 Å². The lowest BCUT2D eigenvalue weighted by Crippen LogP contribution is -2.52. The Labute approximate surface area is 186 Å². The van der Waals surface area contributed by atoms with Crippen molar-refractivity contribution in [2.45, 2.75) is 19.8 Å². The molecule has 7 heteroatoms. The zero-order valence-electron chi connectivity index (χ0n) is 17.0. The Morgan fingerprint density at radius 3 is 2.54 bits per heavy atom. The number of hydrogen-bond donors (Lipinski definition) is 1. The Hall–Kier alpha value is -1.48. The smallest absolute Gasteiger partial charge is 0.194 e. The van der Waals surface area contributed by atoms with Gasteiger partial charge in [-0.25, -0.2) is 0 Å². The number of rotatable bonds is 6. The Morgan fingerprint density at radius 1 is 1.18 bits per heavy atom. The summed E-state index contributed by atoms with van der Waals surface area (Å²) in [6.45, 7) is 9.43. The summed E-state index contributed by atoms with van der Waals surface area (Å²) in [5.41, 5.74) is 2.73. The fourth-order valence-corrected chi connectivity index (χ4v) is 3.49. The molecule has 156 valence electrons. The van der Waals surface area contributed by atoms with E-state index in [0.717, 1.165) is 77.0 Å². The van der Waals surface area contributed by atoms with E-state index in [-0.39, 0.29) is 24.0 Å². The minimum atomic E-state index is 0. The summed E-state index contributed by atoms with van der Waals surface area (Å²) in [5, 5.41) is 3.46. The van der Waals surface area contributed by atoms with Gasteiger partial charge in [0, 0.05) is 45.0 Å². The number of hydrogen-bond acceptors (Lipinski definition) is 4. The molecule has 2 heterocycles. The normalized spacial score (nSPS) is 17.6. The van der Waals surface area contributed by atoms with E-state index in [2.05, 4.69) is 40.2 Å². The first-order chi connectivity index (χ1) is 13.3. The summed E-state index contributed by atoms with van der Waals surface area (Å²) in [6, 6.07) is 8.32. The molecule has 0 aromatic heterocycles. The SMILES string of the molecule is CCNC(=NCCC1=CCOCC1)N1CCN(c2ccc(OC)cc2)CC1.I. The minimum Gasteiger partial charge on any atom is -0.497 e. The van der Waals surface area contributed by atoms with Crippen LogP contribution in [0.25, 0.3) is 0 Å². The van der Waals surface area contributed by atoms with E-state index in [9.17, 15) is 0 Å². The van der Waals surface area contributed by atoms with E-state index in [1.54, 1.807) is 7.11 Å². The van der Waals surface area contributed by atoms with Crippen molar-refractivity contribution in [1.29, 1.82) is 0 Å². The lowest BCUT2D eigenvalue weighted by molar-refractivity contribution is 0.153. The van der Waals surface area contributed by atoms with Gasteiger partial charge in [-0.1, -0.05) is 11.6 Å². The molecule has 2 aliphatic rings. The highest BCUT2D eigenvalue weighted by Crippen LogP contribution is 2.20. The standard InChI is InChI=1S/C21H32N4O2.HI/c1-3-22-21(23-11-8-18-9-16-27-17-10-18)25-14-12-24(13-15-25)19-4-6-20(26-2)7-5-19;/h4-7,9H,3,8,10-17H2,1-2H3,(H,22,23);1H. The lowest BCUT2D eigenvalue weighted by Gasteiger charge is -2.37. The number of anilines is 1. The molecule has 0 radical (unpaired) electrons. The van der Waals surface area contributed by atoms with Gasteiger partial charge >= 0.3 is 0 Å². The van der Waals surface area contributed by atoms with Crippen LogP contribution in [0.2, 0.25) is 0 Å². The predicted molar refractivity (Wildman–Crippen MR) is 126 cm³/mol. The molecule has 0 aliphatic carbocycles. The van der Waals surface area contributed by atoms with Crippen molar-refractivity contribution in [3.05, 3.63) is 35.9 Å². The maximum atomic E-state index is 5.38. The van der Waals surface area contributed by atoms with Crippen LogP contribution < -0.4 is 15.0 Å². The molecule has 1 aromatic rings. The van der Waals surface area contributed by atoms with E-state index in [1.807, 2.05) is 12.1 Å². The molecule has 3 rings (SSSR count). The van der Waals surface area contributed by atoms with Gasteiger partial charge in [0.05, 0.1) is 20.3 Å². The zero-order chi connectivity index (χ0) is 18.9. The van der Waals surface area contributed by atoms with Crippen molar-refractivity contribution >= 4 is 35.6 Å². The number of benzene rings is 1. The third-order valence-electron chi connectivity index (χ3n) is 5.10. The summed E-state index contributed by atoms with van der Waals surface area (Å²) in [6.07, 6.45) is 4.29. The molecule has 0 bridgehead atoms. The number of nitrogens with zero attached hydrogens (tertiary/aromatic N) is 3. The number of aliphatic imine (C=N–C) groups is 1. The molecule has 2 aliphatic heterocycles. The van der Waals surface area contributed by atoms with Gasteiger partial charge in [0.15, 0.2) is 5.96 Å². The molecular weight excluding hydrogens is 467 g/mol. The van der Waals surface area contributed by atoms with Crippen molar-refractivity contribution in [2.24, 2.45) is 4.99 Å². The van der Waals surface area contributed by atoms with Gasteiger partial charge in [0.2, 0.25) is 0 Å². The molecule has 28 heavy (non-hydrogen) atoms. The number of nitrogens with one attached hydrogen (secondary N) is 1. The van der Waals surface area contributed by atoms with Gasteiger partial charge in [0.1, 0.15) is 5.75 Å². The highest BCUT2D eigenvalue weighted by molar-refractivity contribution is 14.0. The molecule has 1 saturated heterocycles. The third-order valence-corrected chi connectivity index (χ3v) is 5.10. The second-order valence-electron chi connectivity index (χ2n) is 6.85. The Morgan fingerprint density at radius 2 is 1.93 bits per heavy atom. The molecule has 1 fully saturated rings. The maximum Gasteiger partial charge on any atom is 0.194 e. The number of ether oxygens (including phenoxy) is 2. The highest BCUT2D eigenvalue weighted by Gasteiger charge is 2.19. The van der Waals surface area contributed by atoms with E-state index < -0.39 is 0 Å². The maximum absolute atomic E-state index is 5.38. The average Bonchev–Trinajstić information content (AvgIpc) is 2.74. The fourth-order valence-electron chi connectivity index (χ4n) is 3.49. The van der Waals surface area contributed by atoms with Crippen LogP contribution in [0.3, 0.4) is 0 Å². The molecule has 1 N–H and O–H groups in total. The summed E-state index contributed by atoms with van der Waals surface area (Å²) in [7, 11) is 1.70. The van der Waals surface area contributed by atoms with Crippen molar-refractivity contribution in [3.8, 4) is 5.75 Å². The predicted octanol–water partition coefficient (Wildman–Crippen LogP) is 3.14. The van der Waals surface area contributed by atoms with Crippen LogP contribution in [0.5, 0.6) is 5.75 Å². The number of methoxy groups -OCH3 is 1. The molecular formula is C21H33IN4O2. The van der Waals surface area contributed by atoms with Crippen LogP contribution in [0.4, 0.5) is 5.69 Å². The number of guanidine groups is 1. The van der Waals surface area contributed by atoms with E-state index in [1.165, 1.54) is 11.3 Å². The first-order valence-electron chi connectivity index (χ1n) is 9.98. The fraction of sp³-hybridized carbons (Fsp3) is 0.571. The largest absolute Gasteiger partial charge is 0.497 e. The molecule has 0 unspecified atom stereocenters. The first kappa shape index (κ1) is 22.8. The number of halogens is 1. The quantitative estimate of drug-likeness (QED) is 0.282. The van der Waals surface area contributed by atoms with Gasteiger partial charge in [-0.3, -0.25) is 4.99 Å². The molecule has 6 nitrogen and oxygen atoms in total. The van der Waals surface area contributed by atoms with Gasteiger partial charge in [-0.2, -0.15) is 0 Å². The van der Waals surface area contributed by atoms with Crippen LogP contribution in [-0.2, 0) is 4.74 Å². The Balaban J connectivity index is 0.00000280. The number of piperazine rings is 1. The second kappa shape index (κ2) is 12.2. The topological polar surface area (TPSA) is 49.3 Å².